The Morgan fingerprint density at radius 1 is 1.43 bits per heavy atom. The van der Waals surface area contributed by atoms with Gasteiger partial charge in [0.25, 0.3) is 5.69 Å². The molecule has 2 fully saturated rings. The summed E-state index contributed by atoms with van der Waals surface area (Å²) in [7, 11) is 0. The molecule has 0 aromatic heterocycles. The summed E-state index contributed by atoms with van der Waals surface area (Å²) in [6.07, 6.45) is 3.12. The van der Waals surface area contributed by atoms with E-state index in [9.17, 15) is 14.9 Å². The van der Waals surface area contributed by atoms with Gasteiger partial charge in [-0.05, 0) is 43.3 Å². The van der Waals surface area contributed by atoms with Crippen molar-refractivity contribution in [3.8, 4) is 0 Å². The third-order valence-corrected chi connectivity index (χ3v) is 4.69. The van der Waals surface area contributed by atoms with Crippen LogP contribution in [0.3, 0.4) is 0 Å². The van der Waals surface area contributed by atoms with Gasteiger partial charge in [-0.25, -0.2) is 0 Å². The normalized spacial score (nSPS) is 22.8. The summed E-state index contributed by atoms with van der Waals surface area (Å²) in [5.41, 5.74) is 1.04. The number of nitro groups is 1. The summed E-state index contributed by atoms with van der Waals surface area (Å²) in [6.45, 7) is 2.34. The average molecular weight is 289 g/mol. The summed E-state index contributed by atoms with van der Waals surface area (Å²) in [4.78, 5) is 22.5. The Bertz CT molecular complexity index is 567. The molecule has 0 radical (unpaired) electrons. The van der Waals surface area contributed by atoms with Crippen LogP contribution < -0.4 is 10.6 Å². The fourth-order valence-corrected chi connectivity index (χ4v) is 3.29. The monoisotopic (exact) mass is 289 g/mol. The van der Waals surface area contributed by atoms with Crippen molar-refractivity contribution in [1.29, 1.82) is 0 Å². The molecule has 1 aliphatic heterocycles. The predicted molar refractivity (Wildman–Crippen MR) is 77.6 cm³/mol. The van der Waals surface area contributed by atoms with Gasteiger partial charge in [0.15, 0.2) is 0 Å². The minimum atomic E-state index is -0.420. The molecular weight excluding hydrogens is 270 g/mol. The largest absolute Gasteiger partial charge is 0.352 e. The SMILES string of the molecule is O=C(NCc1cccc([N+](=O)[O-])c1)C1CC12CCNCC2. The fourth-order valence-electron chi connectivity index (χ4n) is 3.29. The molecule has 1 aromatic rings. The second-order valence-electron chi connectivity index (χ2n) is 6.01. The molecule has 1 aromatic carbocycles. The van der Waals surface area contributed by atoms with Crippen LogP contribution in [0.15, 0.2) is 24.3 Å². The first-order chi connectivity index (χ1) is 10.1. The van der Waals surface area contributed by atoms with Gasteiger partial charge in [-0.1, -0.05) is 12.1 Å². The number of amides is 1. The molecule has 1 heterocycles. The molecule has 21 heavy (non-hydrogen) atoms. The molecule has 6 nitrogen and oxygen atoms in total. The van der Waals surface area contributed by atoms with E-state index in [4.69, 9.17) is 0 Å². The third kappa shape index (κ3) is 2.90. The van der Waals surface area contributed by atoms with Crippen molar-refractivity contribution in [2.45, 2.75) is 25.8 Å². The smallest absolute Gasteiger partial charge is 0.269 e. The number of non-ortho nitro benzene ring substituents is 1. The number of carbonyl (C=O) groups excluding carboxylic acids is 1. The Balaban J connectivity index is 1.55. The molecule has 3 rings (SSSR count). The number of hydrogen-bond donors (Lipinski definition) is 2. The molecule has 1 aliphatic carbocycles. The quantitative estimate of drug-likeness (QED) is 0.651. The van der Waals surface area contributed by atoms with Gasteiger partial charge < -0.3 is 10.6 Å². The first kappa shape index (κ1) is 14.0. The molecule has 112 valence electrons. The van der Waals surface area contributed by atoms with Gasteiger partial charge in [-0.3, -0.25) is 14.9 Å². The number of hydrogen-bond acceptors (Lipinski definition) is 4. The zero-order valence-electron chi connectivity index (χ0n) is 11.8. The zero-order chi connectivity index (χ0) is 14.9. The van der Waals surface area contributed by atoms with E-state index in [0.717, 1.165) is 37.9 Å². The highest BCUT2D eigenvalue weighted by atomic mass is 16.6. The standard InChI is InChI=1S/C15H19N3O3/c19-14(13-9-15(13)4-6-16-7-5-15)17-10-11-2-1-3-12(8-11)18(20)21/h1-3,8,13,16H,4-7,9-10H2,(H,17,19). The van der Waals surface area contributed by atoms with Gasteiger partial charge in [0.2, 0.25) is 5.91 Å². The maximum absolute atomic E-state index is 12.2. The molecule has 6 heteroatoms. The van der Waals surface area contributed by atoms with E-state index < -0.39 is 4.92 Å². The highest BCUT2D eigenvalue weighted by Crippen LogP contribution is 2.58. The number of carbonyl (C=O) groups is 1. The Morgan fingerprint density at radius 2 is 2.19 bits per heavy atom. The average Bonchev–Trinajstić information content (AvgIpc) is 3.19. The van der Waals surface area contributed by atoms with Crippen molar-refractivity contribution in [2.24, 2.45) is 11.3 Å². The van der Waals surface area contributed by atoms with Gasteiger partial charge in [0.1, 0.15) is 0 Å². The molecule has 0 bridgehead atoms. The minimum Gasteiger partial charge on any atom is -0.352 e. The fraction of sp³-hybridized carbons (Fsp3) is 0.533. The van der Waals surface area contributed by atoms with Crippen molar-refractivity contribution < 1.29 is 9.72 Å². The Morgan fingerprint density at radius 3 is 2.90 bits per heavy atom. The second-order valence-corrected chi connectivity index (χ2v) is 6.01. The third-order valence-electron chi connectivity index (χ3n) is 4.69. The Hall–Kier alpha value is -1.95. The van der Waals surface area contributed by atoms with Gasteiger partial charge in [-0.15, -0.1) is 0 Å². The highest BCUT2D eigenvalue weighted by Gasteiger charge is 2.57. The molecule has 2 N–H and O–H groups in total. The first-order valence-corrected chi connectivity index (χ1v) is 7.32. The zero-order valence-corrected chi connectivity index (χ0v) is 11.8. The lowest BCUT2D eigenvalue weighted by Crippen LogP contribution is -2.33. The van der Waals surface area contributed by atoms with Crippen molar-refractivity contribution in [3.63, 3.8) is 0 Å². The van der Waals surface area contributed by atoms with E-state index in [-0.39, 0.29) is 22.9 Å². The van der Waals surface area contributed by atoms with Crippen LogP contribution in [0.5, 0.6) is 0 Å². The van der Waals surface area contributed by atoms with Crippen LogP contribution in [0.1, 0.15) is 24.8 Å². The van der Waals surface area contributed by atoms with Crippen LogP contribution in [0, 0.1) is 21.4 Å². The Kier molecular flexibility index (Phi) is 3.63. The number of rotatable bonds is 4. The van der Waals surface area contributed by atoms with Gasteiger partial charge in [0.05, 0.1) is 4.92 Å². The van der Waals surface area contributed by atoms with Crippen LogP contribution in [0.2, 0.25) is 0 Å². The van der Waals surface area contributed by atoms with E-state index in [1.54, 1.807) is 12.1 Å². The van der Waals surface area contributed by atoms with Gasteiger partial charge >= 0.3 is 0 Å². The van der Waals surface area contributed by atoms with E-state index in [2.05, 4.69) is 10.6 Å². The molecule has 1 unspecified atom stereocenters. The number of nitro benzene ring substituents is 1. The molecule has 1 atom stereocenters. The van der Waals surface area contributed by atoms with E-state index in [0.29, 0.717) is 6.54 Å². The maximum atomic E-state index is 12.2. The summed E-state index contributed by atoms with van der Waals surface area (Å²) < 4.78 is 0. The summed E-state index contributed by atoms with van der Waals surface area (Å²) in [6, 6.07) is 6.40. The van der Waals surface area contributed by atoms with Crippen molar-refractivity contribution >= 4 is 11.6 Å². The molecule has 2 aliphatic rings. The summed E-state index contributed by atoms with van der Waals surface area (Å²) in [5.74, 6) is 0.210. The lowest BCUT2D eigenvalue weighted by molar-refractivity contribution is -0.384. The first-order valence-electron chi connectivity index (χ1n) is 7.32. The number of benzene rings is 1. The molecule has 1 saturated carbocycles. The van der Waals surface area contributed by atoms with E-state index >= 15 is 0 Å². The number of nitrogens with one attached hydrogen (secondary N) is 2. The van der Waals surface area contributed by atoms with Crippen LogP contribution in [0.25, 0.3) is 0 Å². The summed E-state index contributed by atoms with van der Waals surface area (Å²) in [5, 5.41) is 17.0. The molecular formula is C15H19N3O3. The van der Waals surface area contributed by atoms with E-state index in [1.807, 2.05) is 0 Å². The van der Waals surface area contributed by atoms with Crippen LogP contribution in [-0.4, -0.2) is 23.9 Å². The number of nitrogens with zero attached hydrogens (tertiary/aromatic N) is 1. The number of piperidine rings is 1. The molecule has 1 amide bonds. The second kappa shape index (κ2) is 5.44. The molecule has 1 saturated heterocycles. The van der Waals surface area contributed by atoms with Crippen LogP contribution >= 0.6 is 0 Å². The van der Waals surface area contributed by atoms with Crippen LogP contribution in [0.4, 0.5) is 5.69 Å². The summed E-state index contributed by atoms with van der Waals surface area (Å²) >= 11 is 0. The predicted octanol–water partition coefficient (Wildman–Crippen LogP) is 1.60. The van der Waals surface area contributed by atoms with Crippen molar-refractivity contribution in [1.82, 2.24) is 10.6 Å². The van der Waals surface area contributed by atoms with Gasteiger partial charge in [-0.2, -0.15) is 0 Å². The Labute approximate surface area is 123 Å². The topological polar surface area (TPSA) is 84.3 Å². The maximum Gasteiger partial charge on any atom is 0.269 e. The lowest BCUT2D eigenvalue weighted by atomic mass is 9.92. The molecule has 1 spiro atoms. The van der Waals surface area contributed by atoms with Crippen LogP contribution in [-0.2, 0) is 11.3 Å². The minimum absolute atomic E-state index is 0.0583. The van der Waals surface area contributed by atoms with E-state index in [1.165, 1.54) is 12.1 Å². The highest BCUT2D eigenvalue weighted by molar-refractivity contribution is 5.82. The van der Waals surface area contributed by atoms with Crippen molar-refractivity contribution in [3.05, 3.63) is 39.9 Å². The van der Waals surface area contributed by atoms with Crippen molar-refractivity contribution in [2.75, 3.05) is 13.1 Å². The van der Waals surface area contributed by atoms with Gasteiger partial charge in [0, 0.05) is 24.6 Å². The lowest BCUT2D eigenvalue weighted by Gasteiger charge is -2.23.